The average Bonchev–Trinajstić information content (AvgIpc) is 2.77. The highest BCUT2D eigenvalue weighted by Gasteiger charge is 2.41. The van der Waals surface area contributed by atoms with Crippen molar-refractivity contribution in [2.24, 2.45) is 0 Å². The third kappa shape index (κ3) is 5.62. The quantitative estimate of drug-likeness (QED) is 0.644. The van der Waals surface area contributed by atoms with Crippen LogP contribution < -0.4 is 10.8 Å². The minimum atomic E-state index is -4.35. The van der Waals surface area contributed by atoms with Crippen molar-refractivity contribution in [2.75, 3.05) is 19.6 Å². The Morgan fingerprint density at radius 2 is 1.82 bits per heavy atom. The van der Waals surface area contributed by atoms with Crippen molar-refractivity contribution in [1.29, 1.82) is 0 Å². The van der Waals surface area contributed by atoms with Gasteiger partial charge in [-0.3, -0.25) is 9.59 Å². The fourth-order valence-corrected chi connectivity index (χ4v) is 5.35. The Bertz CT molecular complexity index is 1140. The maximum Gasteiger partial charge on any atom is 0.246 e. The zero-order valence-corrected chi connectivity index (χ0v) is 19.7. The maximum absolute atomic E-state index is 14.4. The first-order valence-electron chi connectivity index (χ1n) is 10.7. The SMILES string of the molecule is [B]c1ccc(S(=O)(=O)N2CCN(C(C)=O)C[C@@H]2C(=O)NCc2ccc(C(C)C)cc2)c(F)c1. The summed E-state index contributed by atoms with van der Waals surface area (Å²) < 4.78 is 41.9. The number of amides is 2. The first-order valence-corrected chi connectivity index (χ1v) is 12.1. The summed E-state index contributed by atoms with van der Waals surface area (Å²) in [5.74, 6) is -1.45. The van der Waals surface area contributed by atoms with Crippen molar-refractivity contribution in [3.63, 3.8) is 0 Å². The van der Waals surface area contributed by atoms with Gasteiger partial charge in [0.2, 0.25) is 21.8 Å². The summed E-state index contributed by atoms with van der Waals surface area (Å²) >= 11 is 0. The summed E-state index contributed by atoms with van der Waals surface area (Å²) in [5.41, 5.74) is 2.11. The van der Waals surface area contributed by atoms with Crippen LogP contribution in [0.1, 0.15) is 37.8 Å². The fourth-order valence-electron chi connectivity index (χ4n) is 3.73. The van der Waals surface area contributed by atoms with E-state index in [1.54, 1.807) is 0 Å². The van der Waals surface area contributed by atoms with Gasteiger partial charge in [-0.05, 0) is 29.2 Å². The highest BCUT2D eigenvalue weighted by molar-refractivity contribution is 7.89. The summed E-state index contributed by atoms with van der Waals surface area (Å²) in [4.78, 5) is 25.8. The normalized spacial score (nSPS) is 17.2. The smallest absolute Gasteiger partial charge is 0.246 e. The van der Waals surface area contributed by atoms with Crippen molar-refractivity contribution in [1.82, 2.24) is 14.5 Å². The lowest BCUT2D eigenvalue weighted by molar-refractivity contribution is -0.134. The molecule has 174 valence electrons. The van der Waals surface area contributed by atoms with Crippen LogP contribution >= 0.6 is 0 Å². The standard InChI is InChI=1S/C23H27BFN3O4S/c1-15(2)18-6-4-17(5-7-18)13-26-23(30)21-14-27(16(3)29)10-11-28(21)33(31,32)22-9-8-19(24)12-20(22)25/h4-9,12,15,21H,10-11,13-14H2,1-3H3,(H,26,30)/t21-/m1/s1. The Kier molecular flexibility index (Phi) is 7.59. The monoisotopic (exact) mass is 471 g/mol. The molecule has 0 aromatic heterocycles. The number of carbonyl (C=O) groups excluding carboxylic acids is 2. The number of benzene rings is 2. The van der Waals surface area contributed by atoms with Crippen LogP contribution in [0, 0.1) is 5.82 Å². The molecule has 1 aliphatic heterocycles. The molecule has 3 rings (SSSR count). The van der Waals surface area contributed by atoms with E-state index in [0.717, 1.165) is 27.6 Å². The first-order chi connectivity index (χ1) is 15.5. The van der Waals surface area contributed by atoms with E-state index < -0.39 is 32.7 Å². The zero-order chi connectivity index (χ0) is 24.3. The fraction of sp³-hybridized carbons (Fsp3) is 0.391. The van der Waals surface area contributed by atoms with Crippen molar-refractivity contribution >= 4 is 35.1 Å². The molecule has 0 unspecified atom stereocenters. The van der Waals surface area contributed by atoms with Gasteiger partial charge in [-0.1, -0.05) is 49.6 Å². The molecule has 2 aromatic rings. The molecular weight excluding hydrogens is 444 g/mol. The molecule has 1 N–H and O–H groups in total. The van der Waals surface area contributed by atoms with Crippen LogP contribution in [0.25, 0.3) is 0 Å². The molecule has 10 heteroatoms. The van der Waals surface area contributed by atoms with Gasteiger partial charge in [0.1, 0.15) is 24.6 Å². The molecule has 0 spiro atoms. The second kappa shape index (κ2) is 10.0. The Morgan fingerprint density at radius 3 is 2.39 bits per heavy atom. The summed E-state index contributed by atoms with van der Waals surface area (Å²) in [6.45, 7) is 5.56. The average molecular weight is 471 g/mol. The van der Waals surface area contributed by atoms with Crippen molar-refractivity contribution in [3.8, 4) is 0 Å². The molecule has 1 heterocycles. The summed E-state index contributed by atoms with van der Waals surface area (Å²) in [6.07, 6.45) is 0. The van der Waals surface area contributed by atoms with Gasteiger partial charge in [0.25, 0.3) is 0 Å². The maximum atomic E-state index is 14.4. The Balaban J connectivity index is 1.83. The lowest BCUT2D eigenvalue weighted by Crippen LogP contribution is -2.61. The molecule has 1 aliphatic rings. The van der Waals surface area contributed by atoms with E-state index >= 15 is 0 Å². The Hall–Kier alpha value is -2.72. The molecule has 2 radical (unpaired) electrons. The van der Waals surface area contributed by atoms with E-state index in [4.69, 9.17) is 7.85 Å². The van der Waals surface area contributed by atoms with E-state index in [0.29, 0.717) is 5.92 Å². The number of piperazine rings is 1. The van der Waals surface area contributed by atoms with Crippen LogP contribution in [0.15, 0.2) is 47.4 Å². The van der Waals surface area contributed by atoms with Gasteiger partial charge in [-0.25, -0.2) is 12.8 Å². The minimum absolute atomic E-state index is 0.0885. The summed E-state index contributed by atoms with van der Waals surface area (Å²) in [5, 5.41) is 2.76. The van der Waals surface area contributed by atoms with Crippen LogP contribution in [0.2, 0.25) is 0 Å². The molecule has 0 bridgehead atoms. The van der Waals surface area contributed by atoms with Gasteiger partial charge in [0.05, 0.1) is 0 Å². The molecule has 0 aliphatic carbocycles. The van der Waals surface area contributed by atoms with Gasteiger partial charge < -0.3 is 10.2 Å². The van der Waals surface area contributed by atoms with Crippen LogP contribution in [0.4, 0.5) is 4.39 Å². The van der Waals surface area contributed by atoms with Crippen LogP contribution in [-0.2, 0) is 26.2 Å². The predicted molar refractivity (Wildman–Crippen MR) is 124 cm³/mol. The second-order valence-corrected chi connectivity index (χ2v) is 10.3. The number of sulfonamides is 1. The third-order valence-corrected chi connectivity index (χ3v) is 7.68. The van der Waals surface area contributed by atoms with Crippen LogP contribution in [-0.4, -0.2) is 63.0 Å². The molecule has 7 nitrogen and oxygen atoms in total. The van der Waals surface area contributed by atoms with Crippen molar-refractivity contribution < 1.29 is 22.4 Å². The number of rotatable bonds is 6. The van der Waals surface area contributed by atoms with Gasteiger partial charge in [0, 0.05) is 33.1 Å². The van der Waals surface area contributed by atoms with Gasteiger partial charge in [-0.2, -0.15) is 4.31 Å². The van der Waals surface area contributed by atoms with E-state index in [1.807, 2.05) is 24.3 Å². The molecule has 1 atom stereocenters. The predicted octanol–water partition coefficient (Wildman–Crippen LogP) is 1.28. The van der Waals surface area contributed by atoms with E-state index in [-0.39, 0.29) is 37.5 Å². The Labute approximate surface area is 195 Å². The van der Waals surface area contributed by atoms with Crippen LogP contribution in [0.3, 0.4) is 0 Å². The largest absolute Gasteiger partial charge is 0.351 e. The van der Waals surface area contributed by atoms with Crippen molar-refractivity contribution in [2.45, 2.75) is 44.2 Å². The second-order valence-electron chi connectivity index (χ2n) is 8.40. The van der Waals surface area contributed by atoms with Gasteiger partial charge in [0.15, 0.2) is 0 Å². The van der Waals surface area contributed by atoms with Crippen molar-refractivity contribution in [3.05, 3.63) is 59.4 Å². The number of hydrogen-bond acceptors (Lipinski definition) is 4. The molecule has 1 saturated heterocycles. The van der Waals surface area contributed by atoms with E-state index in [9.17, 15) is 22.4 Å². The lowest BCUT2D eigenvalue weighted by atomic mass is 9.97. The number of nitrogens with one attached hydrogen (secondary N) is 1. The van der Waals surface area contributed by atoms with Crippen LogP contribution in [0.5, 0.6) is 0 Å². The molecule has 1 fully saturated rings. The molecule has 33 heavy (non-hydrogen) atoms. The number of halogens is 1. The topological polar surface area (TPSA) is 86.8 Å². The third-order valence-electron chi connectivity index (χ3n) is 5.73. The summed E-state index contributed by atoms with van der Waals surface area (Å²) in [7, 11) is 1.19. The highest BCUT2D eigenvalue weighted by atomic mass is 32.2. The van der Waals surface area contributed by atoms with Gasteiger partial charge >= 0.3 is 0 Å². The van der Waals surface area contributed by atoms with E-state index in [1.165, 1.54) is 17.9 Å². The minimum Gasteiger partial charge on any atom is -0.351 e. The lowest BCUT2D eigenvalue weighted by Gasteiger charge is -2.39. The highest BCUT2D eigenvalue weighted by Crippen LogP contribution is 2.24. The zero-order valence-electron chi connectivity index (χ0n) is 18.9. The molecule has 2 aromatic carbocycles. The Morgan fingerprint density at radius 1 is 1.15 bits per heavy atom. The number of carbonyl (C=O) groups is 2. The molecular formula is C23H27BFN3O4S. The molecule has 0 saturated carbocycles. The first kappa shape index (κ1) is 24.9. The van der Waals surface area contributed by atoms with Gasteiger partial charge in [-0.15, -0.1) is 0 Å². The number of nitrogens with zero attached hydrogens (tertiary/aromatic N) is 2. The number of hydrogen-bond donors (Lipinski definition) is 1. The van der Waals surface area contributed by atoms with E-state index in [2.05, 4.69) is 19.2 Å². The molecule has 2 amide bonds. The summed E-state index contributed by atoms with van der Waals surface area (Å²) in [6, 6.07) is 9.86.